The molecular weight excluding hydrogens is 592 g/mol. The number of aliphatic imine (C=N–C) groups is 1. The molecule has 2 aromatic rings. The number of halogens is 1. The van der Waals surface area contributed by atoms with E-state index < -0.39 is 36.9 Å². The first kappa shape index (κ1) is 39.1. The fourth-order valence-corrected chi connectivity index (χ4v) is 4.46. The largest absolute Gasteiger partial charge is 0.492 e. The van der Waals surface area contributed by atoms with E-state index in [1.165, 1.54) is 12.4 Å². The highest BCUT2D eigenvalue weighted by molar-refractivity contribution is 6.05. The monoisotopic (exact) mass is 640 g/mol. The lowest BCUT2D eigenvalue weighted by Gasteiger charge is -2.30. The van der Waals surface area contributed by atoms with E-state index in [0.29, 0.717) is 32.0 Å². The number of hydrogen-bond donors (Lipinski definition) is 7. The van der Waals surface area contributed by atoms with Crippen LogP contribution in [0.2, 0.25) is 0 Å². The molecule has 0 fully saturated rings. The number of aliphatic hydroxyl groups is 5. The lowest BCUT2D eigenvalue weighted by Crippen LogP contribution is -2.50. The highest BCUT2D eigenvalue weighted by Gasteiger charge is 2.31. The summed E-state index contributed by atoms with van der Waals surface area (Å²) < 4.78 is 5.92. The van der Waals surface area contributed by atoms with Crippen LogP contribution < -0.4 is 16.2 Å². The molecule has 1 amide bonds. The number of aliphatic hydroxyl groups excluding tert-OH is 5. The molecule has 1 heterocycles. The van der Waals surface area contributed by atoms with Gasteiger partial charge in [-0.1, -0.05) is 38.3 Å². The van der Waals surface area contributed by atoms with Gasteiger partial charge in [0.25, 0.3) is 5.91 Å². The molecular formula is C30H49ClN6O7. The zero-order chi connectivity index (χ0) is 31.6. The maximum Gasteiger partial charge on any atom is 0.269 e. The average molecular weight is 641 g/mol. The summed E-state index contributed by atoms with van der Waals surface area (Å²) in [7, 11) is 0. The SMILES string of the molecule is CCCCCCN(CCOc1ccc(CCCCN=C(N)c2nccnc2C(N)=O)cc1)C[C@H](O)[C@@H](O)[C@H](O)[C@H](O)CO.Cl. The summed E-state index contributed by atoms with van der Waals surface area (Å²) in [5.41, 5.74) is 12.6. The van der Waals surface area contributed by atoms with Crippen LogP contribution in [0.25, 0.3) is 0 Å². The second-order valence-corrected chi connectivity index (χ2v) is 10.5. The number of unbranched alkanes of at least 4 members (excludes halogenated alkanes) is 4. The Bertz CT molecular complexity index is 1110. The molecule has 0 saturated heterocycles. The van der Waals surface area contributed by atoms with Crippen molar-refractivity contribution in [3.63, 3.8) is 0 Å². The molecule has 0 bridgehead atoms. The van der Waals surface area contributed by atoms with E-state index in [9.17, 15) is 25.2 Å². The van der Waals surface area contributed by atoms with Crippen molar-refractivity contribution in [2.75, 3.05) is 39.4 Å². The number of rotatable bonds is 22. The first-order chi connectivity index (χ1) is 20.7. The summed E-state index contributed by atoms with van der Waals surface area (Å²) in [6.45, 7) is 3.52. The van der Waals surface area contributed by atoms with Gasteiger partial charge in [-0.05, 0) is 49.9 Å². The van der Waals surface area contributed by atoms with Crippen molar-refractivity contribution in [1.82, 2.24) is 14.9 Å². The Kier molecular flexibility index (Phi) is 19.3. The number of carbonyl (C=O) groups is 1. The molecule has 0 unspecified atom stereocenters. The highest BCUT2D eigenvalue weighted by Crippen LogP contribution is 2.15. The molecule has 0 aliphatic carbocycles. The minimum Gasteiger partial charge on any atom is -0.492 e. The van der Waals surface area contributed by atoms with Gasteiger partial charge in [0.05, 0.1) is 12.7 Å². The normalized spacial score (nSPS) is 14.5. The van der Waals surface area contributed by atoms with E-state index >= 15 is 0 Å². The van der Waals surface area contributed by atoms with Crippen LogP contribution in [-0.4, -0.2) is 116 Å². The zero-order valence-corrected chi connectivity index (χ0v) is 26.2. The smallest absolute Gasteiger partial charge is 0.269 e. The third kappa shape index (κ3) is 13.8. The number of nitrogens with zero attached hydrogens (tertiary/aromatic N) is 4. The van der Waals surface area contributed by atoms with Gasteiger partial charge in [0.1, 0.15) is 42.2 Å². The van der Waals surface area contributed by atoms with E-state index in [1.807, 2.05) is 29.2 Å². The first-order valence-corrected chi connectivity index (χ1v) is 14.9. The van der Waals surface area contributed by atoms with Gasteiger partial charge >= 0.3 is 0 Å². The Labute approximate surface area is 265 Å². The number of aryl methyl sites for hydroxylation is 1. The van der Waals surface area contributed by atoms with Gasteiger partial charge in [-0.2, -0.15) is 0 Å². The molecule has 9 N–H and O–H groups in total. The average Bonchev–Trinajstić information content (AvgIpc) is 3.02. The predicted octanol–water partition coefficient (Wildman–Crippen LogP) is 0.423. The molecule has 248 valence electrons. The van der Waals surface area contributed by atoms with Crippen molar-refractivity contribution in [2.24, 2.45) is 16.5 Å². The summed E-state index contributed by atoms with van der Waals surface area (Å²) in [6, 6.07) is 7.81. The number of ether oxygens (including phenoxy) is 1. The van der Waals surface area contributed by atoms with Crippen molar-refractivity contribution in [2.45, 2.75) is 76.3 Å². The zero-order valence-electron chi connectivity index (χ0n) is 25.4. The van der Waals surface area contributed by atoms with Crippen LogP contribution in [0.15, 0.2) is 41.7 Å². The third-order valence-electron chi connectivity index (χ3n) is 7.03. The lowest BCUT2D eigenvalue weighted by atomic mass is 10.0. The number of hydrogen-bond acceptors (Lipinski definition) is 11. The van der Waals surface area contributed by atoms with E-state index in [2.05, 4.69) is 21.9 Å². The van der Waals surface area contributed by atoms with Gasteiger partial charge in [0.15, 0.2) is 5.69 Å². The van der Waals surface area contributed by atoms with Gasteiger partial charge in [-0.3, -0.25) is 14.7 Å². The fourth-order valence-electron chi connectivity index (χ4n) is 4.46. The van der Waals surface area contributed by atoms with Crippen LogP contribution in [0.3, 0.4) is 0 Å². The molecule has 0 spiro atoms. The molecule has 44 heavy (non-hydrogen) atoms. The molecule has 4 atom stereocenters. The summed E-state index contributed by atoms with van der Waals surface area (Å²) in [5, 5.41) is 49.2. The van der Waals surface area contributed by atoms with E-state index in [4.69, 9.17) is 21.3 Å². The van der Waals surface area contributed by atoms with Gasteiger partial charge in [0, 0.05) is 32.0 Å². The molecule has 0 aliphatic heterocycles. The third-order valence-corrected chi connectivity index (χ3v) is 7.03. The van der Waals surface area contributed by atoms with Gasteiger partial charge in [0.2, 0.25) is 0 Å². The number of carbonyl (C=O) groups excluding carboxylic acids is 1. The maximum absolute atomic E-state index is 11.5. The standard InChI is InChI=1S/C30H48N6O7.ClH/c1-2-3-4-7-16-36(19-23(38)27(40)28(41)24(39)20-37)17-18-43-22-11-9-21(10-12-22)8-5-6-13-35-29(31)25-26(30(32)42)34-15-14-33-25;/h9-12,14-15,23-24,27-28,37-41H,2-8,13,16-20H2,1H3,(H2,31,35)(H2,32,42);1H/t23-,24+,27+,28+;/m0./s1. The second kappa shape index (κ2) is 21.7. The topological polar surface area (TPSA) is 221 Å². The number of aromatic nitrogens is 2. The Hall–Kier alpha value is -2.91. The van der Waals surface area contributed by atoms with Crippen molar-refractivity contribution >= 4 is 24.1 Å². The van der Waals surface area contributed by atoms with Gasteiger partial charge < -0.3 is 41.7 Å². The quantitative estimate of drug-likeness (QED) is 0.0531. The van der Waals surface area contributed by atoms with Crippen LogP contribution in [0.4, 0.5) is 0 Å². The van der Waals surface area contributed by atoms with Crippen LogP contribution in [0.1, 0.15) is 67.2 Å². The van der Waals surface area contributed by atoms with Crippen LogP contribution >= 0.6 is 12.4 Å². The van der Waals surface area contributed by atoms with Gasteiger partial charge in [-0.25, -0.2) is 9.97 Å². The number of amides is 1. The van der Waals surface area contributed by atoms with Crippen molar-refractivity contribution in [3.8, 4) is 5.75 Å². The molecule has 2 rings (SSSR count). The molecule has 0 aliphatic rings. The summed E-state index contributed by atoms with van der Waals surface area (Å²) in [6.07, 6.45) is 3.39. The fraction of sp³-hybridized carbons (Fsp3) is 0.600. The highest BCUT2D eigenvalue weighted by atomic mass is 35.5. The van der Waals surface area contributed by atoms with Crippen LogP contribution in [0.5, 0.6) is 5.75 Å². The maximum atomic E-state index is 11.5. The minimum absolute atomic E-state index is 0. The summed E-state index contributed by atoms with van der Waals surface area (Å²) in [5.74, 6) is 0.134. The van der Waals surface area contributed by atoms with Crippen LogP contribution in [-0.2, 0) is 6.42 Å². The van der Waals surface area contributed by atoms with E-state index in [-0.39, 0.29) is 36.2 Å². The Morgan fingerprint density at radius 2 is 1.57 bits per heavy atom. The number of nitrogens with two attached hydrogens (primary N) is 2. The summed E-state index contributed by atoms with van der Waals surface area (Å²) in [4.78, 5) is 25.7. The lowest BCUT2D eigenvalue weighted by molar-refractivity contribution is -0.119. The molecule has 1 aromatic heterocycles. The number of primary amides is 1. The van der Waals surface area contributed by atoms with E-state index in [1.54, 1.807) is 0 Å². The first-order valence-electron chi connectivity index (χ1n) is 14.9. The van der Waals surface area contributed by atoms with Crippen molar-refractivity contribution in [3.05, 3.63) is 53.6 Å². The molecule has 0 radical (unpaired) electrons. The molecule has 14 heteroatoms. The Morgan fingerprint density at radius 3 is 2.20 bits per heavy atom. The Balaban J connectivity index is 0.00000968. The summed E-state index contributed by atoms with van der Waals surface area (Å²) >= 11 is 0. The predicted molar refractivity (Wildman–Crippen MR) is 170 cm³/mol. The van der Waals surface area contributed by atoms with Crippen molar-refractivity contribution in [1.29, 1.82) is 0 Å². The second-order valence-electron chi connectivity index (χ2n) is 10.5. The van der Waals surface area contributed by atoms with Gasteiger partial charge in [-0.15, -0.1) is 12.4 Å². The number of amidine groups is 1. The van der Waals surface area contributed by atoms with E-state index in [0.717, 1.165) is 50.5 Å². The van der Waals surface area contributed by atoms with Crippen molar-refractivity contribution < 1.29 is 35.1 Å². The molecule has 13 nitrogen and oxygen atoms in total. The number of benzene rings is 1. The van der Waals surface area contributed by atoms with Crippen LogP contribution in [0, 0.1) is 0 Å². The molecule has 1 aromatic carbocycles. The minimum atomic E-state index is -1.65. The Morgan fingerprint density at radius 1 is 0.909 bits per heavy atom. The molecule has 0 saturated carbocycles.